The molecule has 1 saturated heterocycles. The molecule has 1 aliphatic heterocycles. The van der Waals surface area contributed by atoms with E-state index in [9.17, 15) is 8.42 Å². The van der Waals surface area contributed by atoms with Crippen molar-refractivity contribution in [1.82, 2.24) is 14.5 Å². The van der Waals surface area contributed by atoms with Gasteiger partial charge in [-0.25, -0.2) is 8.42 Å². The molecule has 1 rings (SSSR count). The van der Waals surface area contributed by atoms with Crippen molar-refractivity contribution in [1.29, 1.82) is 0 Å². The Balaban J connectivity index is 2.54. The SMILES string of the molecule is CCNCC(C)S(=O)(=O)N1CCN(C(C)CC)CC1. The van der Waals surface area contributed by atoms with E-state index < -0.39 is 10.0 Å². The highest BCUT2D eigenvalue weighted by Crippen LogP contribution is 2.14. The molecule has 1 heterocycles. The lowest BCUT2D eigenvalue weighted by Gasteiger charge is -2.38. The molecule has 114 valence electrons. The molecule has 6 heteroatoms. The lowest BCUT2D eigenvalue weighted by molar-refractivity contribution is 0.142. The lowest BCUT2D eigenvalue weighted by atomic mass is 10.2. The van der Waals surface area contributed by atoms with Crippen molar-refractivity contribution in [2.75, 3.05) is 39.3 Å². The molecule has 1 N–H and O–H groups in total. The summed E-state index contributed by atoms with van der Waals surface area (Å²) in [5.41, 5.74) is 0. The zero-order chi connectivity index (χ0) is 14.5. The van der Waals surface area contributed by atoms with Gasteiger partial charge < -0.3 is 5.32 Å². The van der Waals surface area contributed by atoms with E-state index in [0.29, 0.717) is 25.7 Å². The van der Waals surface area contributed by atoms with Gasteiger partial charge in [0.25, 0.3) is 0 Å². The third kappa shape index (κ3) is 4.41. The van der Waals surface area contributed by atoms with Crippen LogP contribution in [0.2, 0.25) is 0 Å². The van der Waals surface area contributed by atoms with E-state index in [1.807, 2.05) is 6.92 Å². The third-order valence-electron chi connectivity index (χ3n) is 4.04. The van der Waals surface area contributed by atoms with Gasteiger partial charge in [0.15, 0.2) is 0 Å². The quantitative estimate of drug-likeness (QED) is 0.751. The van der Waals surface area contributed by atoms with Gasteiger partial charge in [-0.15, -0.1) is 0 Å². The van der Waals surface area contributed by atoms with E-state index in [-0.39, 0.29) is 5.25 Å². The predicted octanol–water partition coefficient (Wildman–Crippen LogP) is 0.730. The molecule has 0 spiro atoms. The molecule has 0 bridgehead atoms. The van der Waals surface area contributed by atoms with Crippen molar-refractivity contribution in [3.63, 3.8) is 0 Å². The topological polar surface area (TPSA) is 52.7 Å². The van der Waals surface area contributed by atoms with Gasteiger partial charge in [-0.2, -0.15) is 4.31 Å². The summed E-state index contributed by atoms with van der Waals surface area (Å²) in [6.07, 6.45) is 1.11. The predicted molar refractivity (Wildman–Crippen MR) is 79.8 cm³/mol. The Morgan fingerprint density at radius 2 is 1.68 bits per heavy atom. The van der Waals surface area contributed by atoms with Gasteiger partial charge in [0.1, 0.15) is 0 Å². The molecule has 5 nitrogen and oxygen atoms in total. The summed E-state index contributed by atoms with van der Waals surface area (Å²) >= 11 is 0. The molecule has 0 radical (unpaired) electrons. The molecule has 1 aliphatic rings. The van der Waals surface area contributed by atoms with Crippen molar-refractivity contribution in [3.8, 4) is 0 Å². The monoisotopic (exact) mass is 291 g/mol. The highest BCUT2D eigenvalue weighted by atomic mass is 32.2. The van der Waals surface area contributed by atoms with E-state index in [0.717, 1.165) is 26.1 Å². The summed E-state index contributed by atoms with van der Waals surface area (Å²) < 4.78 is 26.5. The second kappa shape index (κ2) is 7.57. The summed E-state index contributed by atoms with van der Waals surface area (Å²) in [5, 5.41) is 2.77. The number of rotatable bonds is 7. The number of nitrogens with zero attached hydrogens (tertiary/aromatic N) is 2. The van der Waals surface area contributed by atoms with Crippen molar-refractivity contribution >= 4 is 10.0 Å². The third-order valence-corrected chi connectivity index (χ3v) is 6.31. The Bertz CT molecular complexity index is 351. The smallest absolute Gasteiger partial charge is 0.218 e. The van der Waals surface area contributed by atoms with E-state index in [1.54, 1.807) is 11.2 Å². The zero-order valence-corrected chi connectivity index (χ0v) is 13.5. The van der Waals surface area contributed by atoms with E-state index in [2.05, 4.69) is 24.1 Å². The van der Waals surface area contributed by atoms with Crippen molar-refractivity contribution in [2.24, 2.45) is 0 Å². The highest BCUT2D eigenvalue weighted by molar-refractivity contribution is 7.89. The first-order chi connectivity index (χ1) is 8.93. The molecule has 1 fully saturated rings. The molecule has 19 heavy (non-hydrogen) atoms. The van der Waals surface area contributed by atoms with Gasteiger partial charge >= 0.3 is 0 Å². The van der Waals surface area contributed by atoms with Crippen molar-refractivity contribution in [3.05, 3.63) is 0 Å². The van der Waals surface area contributed by atoms with E-state index >= 15 is 0 Å². The van der Waals surface area contributed by atoms with Gasteiger partial charge in [-0.3, -0.25) is 4.90 Å². The van der Waals surface area contributed by atoms with Crippen LogP contribution in [0.3, 0.4) is 0 Å². The minimum Gasteiger partial charge on any atom is -0.316 e. The fraction of sp³-hybridized carbons (Fsp3) is 1.00. The summed E-state index contributed by atoms with van der Waals surface area (Å²) in [6, 6.07) is 0.545. The fourth-order valence-corrected chi connectivity index (χ4v) is 3.87. The number of hydrogen-bond donors (Lipinski definition) is 1. The Labute approximate surface area is 118 Å². The van der Waals surface area contributed by atoms with Crippen molar-refractivity contribution < 1.29 is 8.42 Å². The molecule has 0 aromatic rings. The maximum absolute atomic E-state index is 12.4. The minimum absolute atomic E-state index is 0.345. The van der Waals surface area contributed by atoms with Crippen LogP contribution >= 0.6 is 0 Å². The number of piperazine rings is 1. The van der Waals surface area contributed by atoms with Gasteiger partial charge in [-0.1, -0.05) is 13.8 Å². The largest absolute Gasteiger partial charge is 0.316 e. The van der Waals surface area contributed by atoms with Gasteiger partial charge in [-0.05, 0) is 26.8 Å². The first-order valence-electron chi connectivity index (χ1n) is 7.37. The molecule has 0 aliphatic carbocycles. The van der Waals surface area contributed by atoms with Crippen LogP contribution in [0, 0.1) is 0 Å². The Morgan fingerprint density at radius 1 is 1.11 bits per heavy atom. The lowest BCUT2D eigenvalue weighted by Crippen LogP contribution is -2.53. The molecule has 0 aromatic carbocycles. The first-order valence-corrected chi connectivity index (χ1v) is 8.87. The maximum atomic E-state index is 12.4. The number of hydrogen-bond acceptors (Lipinski definition) is 4. The van der Waals surface area contributed by atoms with Gasteiger partial charge in [0, 0.05) is 38.8 Å². The van der Waals surface area contributed by atoms with Crippen LogP contribution in [0.4, 0.5) is 0 Å². The molecular weight excluding hydrogens is 262 g/mol. The van der Waals surface area contributed by atoms with Crippen LogP contribution in [0.15, 0.2) is 0 Å². The van der Waals surface area contributed by atoms with Crippen LogP contribution in [0.25, 0.3) is 0 Å². The van der Waals surface area contributed by atoms with Crippen LogP contribution < -0.4 is 5.32 Å². The van der Waals surface area contributed by atoms with Crippen LogP contribution in [-0.2, 0) is 10.0 Å². The molecule has 0 aromatic heterocycles. The Hall–Kier alpha value is -0.170. The molecule has 0 saturated carbocycles. The van der Waals surface area contributed by atoms with E-state index in [1.165, 1.54) is 0 Å². The standard InChI is InChI=1S/C13H29N3O2S/c1-5-12(3)15-7-9-16(10-8-15)19(17,18)13(4)11-14-6-2/h12-14H,5-11H2,1-4H3. The molecule has 2 atom stereocenters. The summed E-state index contributed by atoms with van der Waals surface area (Å²) in [4.78, 5) is 2.38. The Kier molecular flexibility index (Phi) is 6.73. The summed E-state index contributed by atoms with van der Waals surface area (Å²) in [5.74, 6) is 0. The second-order valence-electron chi connectivity index (χ2n) is 5.36. The van der Waals surface area contributed by atoms with Crippen LogP contribution in [-0.4, -0.2) is 68.2 Å². The average molecular weight is 291 g/mol. The Morgan fingerprint density at radius 3 is 2.16 bits per heavy atom. The van der Waals surface area contributed by atoms with Crippen LogP contribution in [0.1, 0.15) is 34.1 Å². The second-order valence-corrected chi connectivity index (χ2v) is 7.71. The van der Waals surface area contributed by atoms with Crippen molar-refractivity contribution in [2.45, 2.75) is 45.4 Å². The van der Waals surface area contributed by atoms with Gasteiger partial charge in [0.05, 0.1) is 5.25 Å². The van der Waals surface area contributed by atoms with E-state index in [4.69, 9.17) is 0 Å². The fourth-order valence-electron chi connectivity index (χ4n) is 2.36. The zero-order valence-electron chi connectivity index (χ0n) is 12.7. The van der Waals surface area contributed by atoms with Crippen LogP contribution in [0.5, 0.6) is 0 Å². The van der Waals surface area contributed by atoms with Gasteiger partial charge in [0.2, 0.25) is 10.0 Å². The normalized spacial score (nSPS) is 22.3. The minimum atomic E-state index is -3.15. The molecular formula is C13H29N3O2S. The average Bonchev–Trinajstić information content (AvgIpc) is 2.43. The summed E-state index contributed by atoms with van der Waals surface area (Å²) in [6.45, 7) is 12.5. The molecule has 2 unspecified atom stereocenters. The number of sulfonamides is 1. The first kappa shape index (κ1) is 16.9. The highest BCUT2D eigenvalue weighted by Gasteiger charge is 2.31. The maximum Gasteiger partial charge on any atom is 0.218 e. The molecule has 0 amide bonds. The number of nitrogens with one attached hydrogen (secondary N) is 1. The summed E-state index contributed by atoms with van der Waals surface area (Å²) in [7, 11) is -3.15.